The van der Waals surface area contributed by atoms with Crippen LogP contribution in [0.1, 0.15) is 5.56 Å². The molecule has 3 heterocycles. The number of nitrogens with one attached hydrogen (secondary N) is 2. The Bertz CT molecular complexity index is 1380. The molecular formula is C18H17F2N7O5S. The maximum Gasteiger partial charge on any atom is 0.387 e. The van der Waals surface area contributed by atoms with Crippen LogP contribution in [0.25, 0.3) is 16.6 Å². The zero-order chi connectivity index (χ0) is 23.8. The highest BCUT2D eigenvalue weighted by atomic mass is 32.2. The number of hydrogen-bond donors (Lipinski definition) is 2. The smallest absolute Gasteiger partial charge is 0.387 e. The normalized spacial score (nSPS) is 11.7. The van der Waals surface area contributed by atoms with Gasteiger partial charge in [0.2, 0.25) is 11.7 Å². The van der Waals surface area contributed by atoms with Crippen LogP contribution in [-0.4, -0.2) is 59.2 Å². The molecule has 12 nitrogen and oxygen atoms in total. The minimum Gasteiger partial charge on any atom is -0.478 e. The van der Waals surface area contributed by atoms with E-state index in [1.807, 2.05) is 6.92 Å². The Hall–Kier alpha value is -4.01. The highest BCUT2D eigenvalue weighted by Crippen LogP contribution is 2.37. The van der Waals surface area contributed by atoms with E-state index in [9.17, 15) is 17.2 Å². The van der Waals surface area contributed by atoms with Crippen molar-refractivity contribution in [3.05, 3.63) is 36.3 Å². The molecule has 2 N–H and O–H groups in total. The van der Waals surface area contributed by atoms with Crippen molar-refractivity contribution in [1.82, 2.24) is 29.9 Å². The average Bonchev–Trinajstić information content (AvgIpc) is 3.44. The summed E-state index contributed by atoms with van der Waals surface area (Å²) in [6.07, 6.45) is 4.29. The van der Waals surface area contributed by atoms with Crippen LogP contribution in [0.3, 0.4) is 0 Å². The van der Waals surface area contributed by atoms with E-state index in [1.54, 1.807) is 12.1 Å². The van der Waals surface area contributed by atoms with Gasteiger partial charge in [-0.2, -0.15) is 28.9 Å². The Labute approximate surface area is 185 Å². The molecule has 0 atom stereocenters. The first-order chi connectivity index (χ1) is 15.7. The van der Waals surface area contributed by atoms with Gasteiger partial charge in [-0.15, -0.1) is 4.80 Å². The van der Waals surface area contributed by atoms with Gasteiger partial charge in [-0.05, 0) is 12.5 Å². The first-order valence-electron chi connectivity index (χ1n) is 9.20. The molecule has 0 saturated carbocycles. The predicted molar refractivity (Wildman–Crippen MR) is 111 cm³/mol. The van der Waals surface area contributed by atoms with E-state index in [-0.39, 0.29) is 4.90 Å². The van der Waals surface area contributed by atoms with Crippen LogP contribution in [0.4, 0.5) is 14.7 Å². The molecule has 0 aliphatic heterocycles. The van der Waals surface area contributed by atoms with E-state index in [1.165, 1.54) is 23.4 Å². The Morgan fingerprint density at radius 2 is 1.73 bits per heavy atom. The molecule has 3 aromatic heterocycles. The second-order valence-electron chi connectivity index (χ2n) is 6.50. The summed E-state index contributed by atoms with van der Waals surface area (Å²) >= 11 is 0. The minimum atomic E-state index is -4.24. The predicted octanol–water partition coefficient (Wildman–Crippen LogP) is 2.27. The summed E-state index contributed by atoms with van der Waals surface area (Å²) in [5.74, 6) is -1.93. The number of rotatable bonds is 8. The van der Waals surface area contributed by atoms with E-state index in [4.69, 9.17) is 9.47 Å². The lowest BCUT2D eigenvalue weighted by Crippen LogP contribution is -2.16. The molecule has 0 bridgehead atoms. The SMILES string of the molecule is COc1nc(NS(=O)(=O)c2c[nH]c3c(-n4nccn4)c(C)ccc23)nc(OC)c1OC(F)F. The monoisotopic (exact) mass is 481 g/mol. The van der Waals surface area contributed by atoms with Crippen LogP contribution in [0, 0.1) is 6.92 Å². The second kappa shape index (κ2) is 8.50. The Morgan fingerprint density at radius 3 is 2.30 bits per heavy atom. The number of aromatic nitrogens is 6. The van der Waals surface area contributed by atoms with Gasteiger partial charge in [0.1, 0.15) is 10.6 Å². The number of ether oxygens (including phenoxy) is 3. The van der Waals surface area contributed by atoms with Crippen molar-refractivity contribution >= 4 is 26.9 Å². The van der Waals surface area contributed by atoms with Gasteiger partial charge in [0.25, 0.3) is 21.8 Å². The van der Waals surface area contributed by atoms with E-state index in [0.29, 0.717) is 16.6 Å². The maximum atomic E-state index is 13.1. The fourth-order valence-electron chi connectivity index (χ4n) is 3.17. The number of anilines is 1. The fraction of sp³-hybridized carbons (Fsp3) is 0.222. The first kappa shape index (κ1) is 22.2. The molecule has 0 fully saturated rings. The fourth-order valence-corrected chi connectivity index (χ4v) is 4.29. The summed E-state index contributed by atoms with van der Waals surface area (Å²) in [4.78, 5) is 11.8. The van der Waals surface area contributed by atoms with Crippen LogP contribution in [0.2, 0.25) is 0 Å². The van der Waals surface area contributed by atoms with Crippen molar-refractivity contribution in [2.75, 3.05) is 18.9 Å². The highest BCUT2D eigenvalue weighted by molar-refractivity contribution is 7.93. The van der Waals surface area contributed by atoms with E-state index >= 15 is 0 Å². The number of methoxy groups -OCH3 is 2. The van der Waals surface area contributed by atoms with Crippen LogP contribution >= 0.6 is 0 Å². The van der Waals surface area contributed by atoms with Gasteiger partial charge in [-0.25, -0.2) is 13.1 Å². The van der Waals surface area contributed by atoms with E-state index < -0.39 is 40.1 Å². The first-order valence-corrected chi connectivity index (χ1v) is 10.7. The lowest BCUT2D eigenvalue weighted by Gasteiger charge is -2.14. The Morgan fingerprint density at radius 1 is 1.09 bits per heavy atom. The molecule has 33 heavy (non-hydrogen) atoms. The largest absolute Gasteiger partial charge is 0.478 e. The van der Waals surface area contributed by atoms with Crippen LogP contribution in [0.5, 0.6) is 17.5 Å². The molecule has 4 rings (SSSR count). The highest BCUT2D eigenvalue weighted by Gasteiger charge is 2.26. The zero-order valence-corrected chi connectivity index (χ0v) is 18.2. The molecule has 4 aromatic rings. The molecule has 1 aromatic carbocycles. The van der Waals surface area contributed by atoms with Crippen LogP contribution < -0.4 is 18.9 Å². The van der Waals surface area contributed by atoms with Gasteiger partial charge >= 0.3 is 6.61 Å². The van der Waals surface area contributed by atoms with Crippen molar-refractivity contribution in [3.63, 3.8) is 0 Å². The van der Waals surface area contributed by atoms with Crippen LogP contribution in [-0.2, 0) is 10.0 Å². The van der Waals surface area contributed by atoms with Crippen molar-refractivity contribution in [2.24, 2.45) is 0 Å². The van der Waals surface area contributed by atoms with Crippen molar-refractivity contribution in [3.8, 4) is 23.2 Å². The number of hydrogen-bond acceptors (Lipinski definition) is 9. The third-order valence-corrected chi connectivity index (χ3v) is 5.89. The summed E-state index contributed by atoms with van der Waals surface area (Å²) in [7, 11) is -1.95. The molecule has 0 spiro atoms. The molecule has 0 saturated heterocycles. The molecule has 15 heteroatoms. The lowest BCUT2D eigenvalue weighted by atomic mass is 10.1. The Kier molecular flexibility index (Phi) is 5.71. The maximum absolute atomic E-state index is 13.1. The molecule has 0 amide bonds. The van der Waals surface area contributed by atoms with Gasteiger partial charge in [-0.3, -0.25) is 0 Å². The summed E-state index contributed by atoms with van der Waals surface area (Å²) in [6, 6.07) is 3.36. The third kappa shape index (κ3) is 4.09. The lowest BCUT2D eigenvalue weighted by molar-refractivity contribution is -0.0533. The number of aromatic amines is 1. The molecular weight excluding hydrogens is 464 g/mol. The van der Waals surface area contributed by atoms with Gasteiger partial charge in [0.05, 0.1) is 32.1 Å². The van der Waals surface area contributed by atoms with Gasteiger partial charge in [-0.1, -0.05) is 12.1 Å². The van der Waals surface area contributed by atoms with E-state index in [0.717, 1.165) is 19.8 Å². The van der Waals surface area contributed by atoms with E-state index in [2.05, 4.69) is 34.6 Å². The third-order valence-electron chi connectivity index (χ3n) is 4.52. The topological polar surface area (TPSA) is 146 Å². The number of alkyl halides is 2. The van der Waals surface area contributed by atoms with Crippen molar-refractivity contribution in [2.45, 2.75) is 18.4 Å². The molecule has 0 radical (unpaired) electrons. The number of halogens is 2. The quantitative estimate of drug-likeness (QED) is 0.387. The number of H-pyrrole nitrogens is 1. The second-order valence-corrected chi connectivity index (χ2v) is 8.15. The molecule has 174 valence electrons. The molecule has 0 aliphatic rings. The summed E-state index contributed by atoms with van der Waals surface area (Å²) in [5, 5.41) is 8.58. The van der Waals surface area contributed by atoms with Gasteiger partial charge < -0.3 is 19.2 Å². The molecule has 0 unspecified atom stereocenters. The zero-order valence-electron chi connectivity index (χ0n) is 17.4. The number of nitrogens with zero attached hydrogens (tertiary/aromatic N) is 5. The summed E-state index contributed by atoms with van der Waals surface area (Å²) in [5.41, 5.74) is 1.88. The number of benzene rings is 1. The van der Waals surface area contributed by atoms with Crippen molar-refractivity contribution < 1.29 is 31.4 Å². The average molecular weight is 481 g/mol. The molecule has 0 aliphatic carbocycles. The van der Waals surface area contributed by atoms with Gasteiger partial charge in [0.15, 0.2) is 0 Å². The van der Waals surface area contributed by atoms with Crippen molar-refractivity contribution in [1.29, 1.82) is 0 Å². The number of fused-ring (bicyclic) bond motifs is 1. The number of aryl methyl sites for hydroxylation is 1. The van der Waals surface area contributed by atoms with Gasteiger partial charge in [0, 0.05) is 11.6 Å². The van der Waals surface area contributed by atoms with Crippen LogP contribution in [0.15, 0.2) is 35.6 Å². The summed E-state index contributed by atoms with van der Waals surface area (Å²) < 4.78 is 68.1. The summed E-state index contributed by atoms with van der Waals surface area (Å²) in [6.45, 7) is -1.37. The minimum absolute atomic E-state index is 0.111. The standard InChI is InChI=1S/C18H17F2N7O5S/c1-9-4-5-10-11(8-21-12(10)13(9)27-22-6-7-23-27)33(28,29)26-18-24-15(30-2)14(32-17(19)20)16(25-18)31-3/h4-8,17,21H,1-3H3,(H,24,25,26). The number of sulfonamides is 1. The Balaban J connectivity index is 1.77.